The van der Waals surface area contributed by atoms with Crippen LogP contribution in [0.1, 0.15) is 31.0 Å². The summed E-state index contributed by atoms with van der Waals surface area (Å²) in [7, 11) is 0. The maximum absolute atomic E-state index is 10.3. The summed E-state index contributed by atoms with van der Waals surface area (Å²) in [5.74, 6) is -0.406. The SMILES string of the molecule is CC(C)c1ccc(CC(=O)O)nc1. The van der Waals surface area contributed by atoms with Gasteiger partial charge in [0.2, 0.25) is 0 Å². The number of hydrogen-bond acceptors (Lipinski definition) is 2. The normalized spacial score (nSPS) is 10.4. The highest BCUT2D eigenvalue weighted by Crippen LogP contribution is 2.12. The summed E-state index contributed by atoms with van der Waals surface area (Å²) < 4.78 is 0. The molecule has 1 aromatic heterocycles. The van der Waals surface area contributed by atoms with E-state index in [-0.39, 0.29) is 6.42 Å². The molecule has 0 radical (unpaired) electrons. The Morgan fingerprint density at radius 1 is 1.54 bits per heavy atom. The van der Waals surface area contributed by atoms with Gasteiger partial charge in [0.05, 0.1) is 12.1 Å². The molecule has 0 saturated carbocycles. The second-order valence-electron chi connectivity index (χ2n) is 3.31. The zero-order chi connectivity index (χ0) is 9.84. The van der Waals surface area contributed by atoms with Crippen molar-refractivity contribution in [1.82, 2.24) is 4.98 Å². The maximum atomic E-state index is 10.3. The second kappa shape index (κ2) is 4.03. The van der Waals surface area contributed by atoms with Gasteiger partial charge in [-0.05, 0) is 17.5 Å². The topological polar surface area (TPSA) is 50.2 Å². The van der Waals surface area contributed by atoms with Crippen molar-refractivity contribution in [2.75, 3.05) is 0 Å². The highest BCUT2D eigenvalue weighted by atomic mass is 16.4. The molecule has 1 rings (SSSR count). The molecule has 0 atom stereocenters. The summed E-state index contributed by atoms with van der Waals surface area (Å²) in [6.45, 7) is 4.15. The van der Waals surface area contributed by atoms with Gasteiger partial charge in [0.1, 0.15) is 0 Å². The zero-order valence-electron chi connectivity index (χ0n) is 7.82. The van der Waals surface area contributed by atoms with E-state index in [9.17, 15) is 4.79 Å². The van der Waals surface area contributed by atoms with Gasteiger partial charge in [0.15, 0.2) is 0 Å². The predicted octanol–water partition coefficient (Wildman–Crippen LogP) is 1.83. The first kappa shape index (κ1) is 9.71. The Kier molecular flexibility index (Phi) is 3.01. The van der Waals surface area contributed by atoms with Gasteiger partial charge in [-0.25, -0.2) is 0 Å². The van der Waals surface area contributed by atoms with Crippen molar-refractivity contribution in [2.45, 2.75) is 26.2 Å². The molecule has 0 amide bonds. The molecule has 0 aliphatic carbocycles. The number of hydrogen-bond donors (Lipinski definition) is 1. The Hall–Kier alpha value is -1.38. The largest absolute Gasteiger partial charge is 0.481 e. The minimum absolute atomic E-state index is 0.00161. The minimum atomic E-state index is -0.843. The van der Waals surface area contributed by atoms with Crippen molar-refractivity contribution in [1.29, 1.82) is 0 Å². The molecule has 0 saturated heterocycles. The second-order valence-corrected chi connectivity index (χ2v) is 3.31. The molecule has 0 unspecified atom stereocenters. The molecular formula is C10H13NO2. The number of carboxylic acids is 1. The predicted molar refractivity (Wildman–Crippen MR) is 49.7 cm³/mol. The Morgan fingerprint density at radius 2 is 2.23 bits per heavy atom. The molecule has 13 heavy (non-hydrogen) atoms. The monoisotopic (exact) mass is 179 g/mol. The number of pyridine rings is 1. The third-order valence-electron chi connectivity index (χ3n) is 1.85. The molecule has 1 aromatic rings. The van der Waals surface area contributed by atoms with Gasteiger partial charge in [-0.2, -0.15) is 0 Å². The lowest BCUT2D eigenvalue weighted by atomic mass is 10.1. The fourth-order valence-corrected chi connectivity index (χ4v) is 1.04. The van der Waals surface area contributed by atoms with E-state index >= 15 is 0 Å². The van der Waals surface area contributed by atoms with Gasteiger partial charge in [0.25, 0.3) is 0 Å². The fourth-order valence-electron chi connectivity index (χ4n) is 1.04. The molecule has 3 heteroatoms. The van der Waals surface area contributed by atoms with E-state index in [1.165, 1.54) is 0 Å². The minimum Gasteiger partial charge on any atom is -0.481 e. The van der Waals surface area contributed by atoms with Gasteiger partial charge in [-0.1, -0.05) is 19.9 Å². The maximum Gasteiger partial charge on any atom is 0.309 e. The van der Waals surface area contributed by atoms with Gasteiger partial charge in [-0.3, -0.25) is 9.78 Å². The van der Waals surface area contributed by atoms with Gasteiger partial charge in [-0.15, -0.1) is 0 Å². The van der Waals surface area contributed by atoms with Crippen LogP contribution in [0.3, 0.4) is 0 Å². The van der Waals surface area contributed by atoms with Crippen molar-refractivity contribution in [3.05, 3.63) is 29.6 Å². The summed E-state index contributed by atoms with van der Waals surface area (Å²) in [5, 5.41) is 8.51. The number of carbonyl (C=O) groups is 1. The van der Waals surface area contributed by atoms with Crippen LogP contribution in [-0.4, -0.2) is 16.1 Å². The van der Waals surface area contributed by atoms with Crippen molar-refractivity contribution < 1.29 is 9.90 Å². The highest BCUT2D eigenvalue weighted by molar-refractivity contribution is 5.69. The van der Waals surface area contributed by atoms with Crippen molar-refractivity contribution in [3.8, 4) is 0 Å². The van der Waals surface area contributed by atoms with E-state index in [0.717, 1.165) is 5.56 Å². The molecule has 0 aliphatic rings. The number of aliphatic carboxylic acids is 1. The first-order chi connectivity index (χ1) is 6.09. The van der Waals surface area contributed by atoms with Crippen LogP contribution < -0.4 is 0 Å². The highest BCUT2D eigenvalue weighted by Gasteiger charge is 2.03. The summed E-state index contributed by atoms with van der Waals surface area (Å²) in [5.41, 5.74) is 1.74. The first-order valence-corrected chi connectivity index (χ1v) is 4.26. The van der Waals surface area contributed by atoms with Gasteiger partial charge < -0.3 is 5.11 Å². The Bertz CT molecular complexity index is 290. The smallest absolute Gasteiger partial charge is 0.309 e. The molecule has 0 aromatic carbocycles. The lowest BCUT2D eigenvalue weighted by molar-refractivity contribution is -0.136. The van der Waals surface area contributed by atoms with Crippen LogP contribution in [0.4, 0.5) is 0 Å². The number of carboxylic acid groups (broad SMARTS) is 1. The molecule has 3 nitrogen and oxygen atoms in total. The molecule has 1 heterocycles. The average Bonchev–Trinajstić information content (AvgIpc) is 2.04. The number of rotatable bonds is 3. The van der Waals surface area contributed by atoms with Crippen LogP contribution in [0.2, 0.25) is 0 Å². The van der Waals surface area contributed by atoms with E-state index in [1.807, 2.05) is 6.07 Å². The molecule has 0 spiro atoms. The van der Waals surface area contributed by atoms with Crippen LogP contribution in [0.5, 0.6) is 0 Å². The quantitative estimate of drug-likeness (QED) is 0.770. The lowest BCUT2D eigenvalue weighted by Crippen LogP contribution is -2.02. The van der Waals surface area contributed by atoms with E-state index < -0.39 is 5.97 Å². The number of aromatic nitrogens is 1. The average molecular weight is 179 g/mol. The molecule has 70 valence electrons. The first-order valence-electron chi connectivity index (χ1n) is 4.26. The standard InChI is InChI=1S/C10H13NO2/c1-7(2)8-3-4-9(11-6-8)5-10(12)13/h3-4,6-7H,5H2,1-2H3,(H,12,13). The molecule has 0 aliphatic heterocycles. The number of nitrogens with zero attached hydrogens (tertiary/aromatic N) is 1. The Morgan fingerprint density at radius 3 is 2.62 bits per heavy atom. The summed E-state index contributed by atoms with van der Waals surface area (Å²) in [6.07, 6.45) is 1.74. The van der Waals surface area contributed by atoms with Crippen LogP contribution in [0.15, 0.2) is 18.3 Å². The van der Waals surface area contributed by atoms with Crippen LogP contribution in [-0.2, 0) is 11.2 Å². The van der Waals surface area contributed by atoms with E-state index in [4.69, 9.17) is 5.11 Å². The van der Waals surface area contributed by atoms with Gasteiger partial charge >= 0.3 is 5.97 Å². The van der Waals surface area contributed by atoms with E-state index in [1.54, 1.807) is 12.3 Å². The third kappa shape index (κ3) is 2.86. The Balaban J connectivity index is 2.75. The molecule has 1 N–H and O–H groups in total. The third-order valence-corrected chi connectivity index (χ3v) is 1.85. The zero-order valence-corrected chi connectivity index (χ0v) is 7.82. The lowest BCUT2D eigenvalue weighted by Gasteiger charge is -2.04. The van der Waals surface area contributed by atoms with Crippen molar-refractivity contribution >= 4 is 5.97 Å². The van der Waals surface area contributed by atoms with Crippen molar-refractivity contribution in [2.24, 2.45) is 0 Å². The van der Waals surface area contributed by atoms with E-state index in [2.05, 4.69) is 18.8 Å². The Labute approximate surface area is 77.4 Å². The van der Waals surface area contributed by atoms with Crippen LogP contribution in [0.25, 0.3) is 0 Å². The van der Waals surface area contributed by atoms with Gasteiger partial charge in [0, 0.05) is 6.20 Å². The molecular weight excluding hydrogens is 166 g/mol. The summed E-state index contributed by atoms with van der Waals surface area (Å²) in [4.78, 5) is 14.4. The fraction of sp³-hybridized carbons (Fsp3) is 0.400. The van der Waals surface area contributed by atoms with E-state index in [0.29, 0.717) is 11.6 Å². The van der Waals surface area contributed by atoms with Crippen molar-refractivity contribution in [3.63, 3.8) is 0 Å². The molecule has 0 fully saturated rings. The summed E-state index contributed by atoms with van der Waals surface area (Å²) >= 11 is 0. The molecule has 0 bridgehead atoms. The van der Waals surface area contributed by atoms with Crippen LogP contribution >= 0.6 is 0 Å². The summed E-state index contributed by atoms with van der Waals surface area (Å²) in [6, 6.07) is 3.69. The van der Waals surface area contributed by atoms with Crippen LogP contribution in [0, 0.1) is 0 Å².